The lowest BCUT2D eigenvalue weighted by Crippen LogP contribution is -2.29. The molecule has 0 aromatic heterocycles. The molecule has 3 aromatic rings. The first-order valence-electron chi connectivity index (χ1n) is 10.3. The molecule has 0 heterocycles. The number of fused-ring (bicyclic) bond motifs is 1. The SMILES string of the molecule is O=C(CCCCCONC(=O)Nc1cccc2ccccc12)NOCc1ccccc1. The van der Waals surface area contributed by atoms with E-state index in [1.54, 1.807) is 0 Å². The fraction of sp³-hybridized carbons (Fsp3) is 0.250. The fourth-order valence-electron chi connectivity index (χ4n) is 3.06. The third kappa shape index (κ3) is 7.73. The van der Waals surface area contributed by atoms with Crippen molar-refractivity contribution in [2.75, 3.05) is 11.9 Å². The van der Waals surface area contributed by atoms with E-state index in [-0.39, 0.29) is 5.91 Å². The molecule has 0 spiro atoms. The minimum atomic E-state index is -0.425. The summed E-state index contributed by atoms with van der Waals surface area (Å²) in [6.07, 6.45) is 2.63. The maximum Gasteiger partial charge on any atom is 0.343 e. The summed E-state index contributed by atoms with van der Waals surface area (Å²) in [4.78, 5) is 34.2. The molecule has 0 aliphatic carbocycles. The van der Waals surface area contributed by atoms with Crippen molar-refractivity contribution in [2.24, 2.45) is 0 Å². The van der Waals surface area contributed by atoms with E-state index in [4.69, 9.17) is 9.68 Å². The Morgan fingerprint density at radius 3 is 2.39 bits per heavy atom. The molecule has 3 amide bonds. The summed E-state index contributed by atoms with van der Waals surface area (Å²) >= 11 is 0. The lowest BCUT2D eigenvalue weighted by molar-refractivity contribution is -0.134. The van der Waals surface area contributed by atoms with Crippen LogP contribution in [0.1, 0.15) is 31.2 Å². The Bertz CT molecular complexity index is 973. The number of hydrogen-bond donors (Lipinski definition) is 3. The van der Waals surface area contributed by atoms with E-state index < -0.39 is 6.03 Å². The van der Waals surface area contributed by atoms with E-state index in [0.717, 1.165) is 34.9 Å². The van der Waals surface area contributed by atoms with Gasteiger partial charge in [0.15, 0.2) is 0 Å². The topological polar surface area (TPSA) is 88.7 Å². The van der Waals surface area contributed by atoms with Gasteiger partial charge in [0.1, 0.15) is 0 Å². The summed E-state index contributed by atoms with van der Waals surface area (Å²) < 4.78 is 0. The van der Waals surface area contributed by atoms with Gasteiger partial charge in [-0.2, -0.15) is 0 Å². The number of benzene rings is 3. The molecule has 7 nitrogen and oxygen atoms in total. The molecule has 0 bridgehead atoms. The van der Waals surface area contributed by atoms with Crippen LogP contribution in [0, 0.1) is 0 Å². The Labute approximate surface area is 181 Å². The largest absolute Gasteiger partial charge is 0.343 e. The average Bonchev–Trinajstić information content (AvgIpc) is 2.79. The van der Waals surface area contributed by atoms with Crippen LogP contribution >= 0.6 is 0 Å². The molecule has 0 aliphatic rings. The molecule has 3 aromatic carbocycles. The molecule has 0 unspecified atom stereocenters. The second-order valence-corrected chi connectivity index (χ2v) is 7.04. The van der Waals surface area contributed by atoms with Gasteiger partial charge in [-0.3, -0.25) is 14.5 Å². The van der Waals surface area contributed by atoms with Gasteiger partial charge < -0.3 is 5.32 Å². The van der Waals surface area contributed by atoms with Crippen molar-refractivity contribution in [3.63, 3.8) is 0 Å². The Kier molecular flexibility index (Phi) is 8.85. The highest BCUT2D eigenvalue weighted by molar-refractivity contribution is 6.01. The van der Waals surface area contributed by atoms with Crippen molar-refractivity contribution >= 4 is 28.4 Å². The van der Waals surface area contributed by atoms with Crippen molar-refractivity contribution in [1.82, 2.24) is 11.0 Å². The summed E-state index contributed by atoms with van der Waals surface area (Å²) in [5, 5.41) is 4.81. The van der Waals surface area contributed by atoms with Crippen LogP contribution in [0.5, 0.6) is 0 Å². The molecule has 0 atom stereocenters. The van der Waals surface area contributed by atoms with Crippen molar-refractivity contribution in [3.05, 3.63) is 78.4 Å². The molecule has 162 valence electrons. The molecule has 0 fully saturated rings. The van der Waals surface area contributed by atoms with Crippen LogP contribution in [-0.2, 0) is 21.1 Å². The van der Waals surface area contributed by atoms with Gasteiger partial charge in [-0.1, -0.05) is 73.2 Å². The predicted octanol–water partition coefficient (Wildman–Crippen LogP) is 4.70. The lowest BCUT2D eigenvalue weighted by Gasteiger charge is -2.10. The highest BCUT2D eigenvalue weighted by atomic mass is 16.7. The molecule has 3 rings (SSSR count). The van der Waals surface area contributed by atoms with Crippen LogP contribution < -0.4 is 16.3 Å². The number of hydrogen-bond acceptors (Lipinski definition) is 4. The third-order valence-corrected chi connectivity index (χ3v) is 4.62. The van der Waals surface area contributed by atoms with Crippen molar-refractivity contribution < 1.29 is 19.3 Å². The Morgan fingerprint density at radius 2 is 1.52 bits per heavy atom. The summed E-state index contributed by atoms with van der Waals surface area (Å²) in [6.45, 7) is 0.710. The number of nitrogens with one attached hydrogen (secondary N) is 3. The molecule has 0 saturated carbocycles. The van der Waals surface area contributed by atoms with E-state index >= 15 is 0 Å². The minimum absolute atomic E-state index is 0.149. The zero-order valence-corrected chi connectivity index (χ0v) is 17.3. The maximum absolute atomic E-state index is 12.0. The number of carbonyl (C=O) groups is 2. The molecular weight excluding hydrogens is 394 g/mol. The van der Waals surface area contributed by atoms with Crippen LogP contribution in [0.3, 0.4) is 0 Å². The van der Waals surface area contributed by atoms with Crippen LogP contribution in [-0.4, -0.2) is 18.5 Å². The predicted molar refractivity (Wildman–Crippen MR) is 120 cm³/mol. The molecule has 0 saturated heterocycles. The molecule has 3 N–H and O–H groups in total. The third-order valence-electron chi connectivity index (χ3n) is 4.62. The second-order valence-electron chi connectivity index (χ2n) is 7.04. The lowest BCUT2D eigenvalue weighted by atomic mass is 10.1. The van der Waals surface area contributed by atoms with Gasteiger partial charge in [-0.05, 0) is 29.9 Å². The molecule has 0 radical (unpaired) electrons. The standard InChI is InChI=1S/C24H27N3O4/c28-23(26-31-18-19-10-3-1-4-11-19)16-5-2-8-17-30-27-24(29)25-22-15-9-13-20-12-6-7-14-21(20)22/h1,3-4,6-7,9-15H,2,5,8,16-18H2,(H,26,28)(H2,25,27,29). The fourth-order valence-corrected chi connectivity index (χ4v) is 3.06. The average molecular weight is 421 g/mol. The van der Waals surface area contributed by atoms with Gasteiger partial charge in [0.05, 0.1) is 18.9 Å². The monoisotopic (exact) mass is 421 g/mol. The van der Waals surface area contributed by atoms with Gasteiger partial charge in [0, 0.05) is 11.8 Å². The van der Waals surface area contributed by atoms with E-state index in [0.29, 0.717) is 26.1 Å². The highest BCUT2D eigenvalue weighted by Gasteiger charge is 2.05. The Hall–Kier alpha value is -3.42. The van der Waals surface area contributed by atoms with Gasteiger partial charge in [-0.15, -0.1) is 0 Å². The zero-order chi connectivity index (χ0) is 21.7. The summed E-state index contributed by atoms with van der Waals surface area (Å²) in [7, 11) is 0. The van der Waals surface area contributed by atoms with Crippen molar-refractivity contribution in [3.8, 4) is 0 Å². The molecule has 0 aliphatic heterocycles. The van der Waals surface area contributed by atoms with E-state index in [1.807, 2.05) is 72.8 Å². The van der Waals surface area contributed by atoms with E-state index in [9.17, 15) is 9.59 Å². The smallest absolute Gasteiger partial charge is 0.306 e. The number of carbonyl (C=O) groups excluding carboxylic acids is 2. The second kappa shape index (κ2) is 12.3. The first-order chi connectivity index (χ1) is 15.2. The first-order valence-corrected chi connectivity index (χ1v) is 10.3. The van der Waals surface area contributed by atoms with Gasteiger partial charge in [0.2, 0.25) is 5.91 Å². The van der Waals surface area contributed by atoms with E-state index in [1.165, 1.54) is 0 Å². The number of anilines is 1. The van der Waals surface area contributed by atoms with Crippen molar-refractivity contribution in [1.29, 1.82) is 0 Å². The van der Waals surface area contributed by atoms with Crippen LogP contribution in [0.4, 0.5) is 10.5 Å². The van der Waals surface area contributed by atoms with Gasteiger partial charge >= 0.3 is 6.03 Å². The number of amides is 3. The number of urea groups is 1. The maximum atomic E-state index is 12.0. The van der Waals surface area contributed by atoms with Crippen LogP contribution in [0.25, 0.3) is 10.8 Å². The summed E-state index contributed by atoms with van der Waals surface area (Å²) in [6, 6.07) is 22.8. The minimum Gasteiger partial charge on any atom is -0.306 e. The number of hydroxylamine groups is 2. The Morgan fingerprint density at radius 1 is 0.742 bits per heavy atom. The van der Waals surface area contributed by atoms with Gasteiger partial charge in [-0.25, -0.2) is 15.8 Å². The van der Waals surface area contributed by atoms with Gasteiger partial charge in [0.25, 0.3) is 0 Å². The number of unbranched alkanes of at least 4 members (excludes halogenated alkanes) is 2. The van der Waals surface area contributed by atoms with E-state index in [2.05, 4.69) is 16.3 Å². The molecule has 31 heavy (non-hydrogen) atoms. The summed E-state index contributed by atoms with van der Waals surface area (Å²) in [5.74, 6) is -0.149. The van der Waals surface area contributed by atoms with Crippen LogP contribution in [0.2, 0.25) is 0 Å². The Balaban J connectivity index is 1.22. The highest BCUT2D eigenvalue weighted by Crippen LogP contribution is 2.22. The van der Waals surface area contributed by atoms with Crippen molar-refractivity contribution in [2.45, 2.75) is 32.3 Å². The summed E-state index contributed by atoms with van der Waals surface area (Å²) in [5.41, 5.74) is 6.56. The number of rotatable bonds is 11. The normalized spacial score (nSPS) is 10.6. The zero-order valence-electron chi connectivity index (χ0n) is 17.3. The molecular formula is C24H27N3O4. The quantitative estimate of drug-likeness (QED) is 0.309. The first kappa shape index (κ1) is 22.3. The molecule has 7 heteroatoms. The van der Waals surface area contributed by atoms with Crippen LogP contribution in [0.15, 0.2) is 72.8 Å².